The number of nitrogens with one attached hydrogen (secondary N) is 1. The maximum atomic E-state index is 10.1. The van der Waals surface area contributed by atoms with Crippen LogP contribution in [0.5, 0.6) is 0 Å². The number of ether oxygens (including phenoxy) is 1. The van der Waals surface area contributed by atoms with Crippen molar-refractivity contribution in [2.45, 2.75) is 57.6 Å². The Morgan fingerprint density at radius 2 is 1.94 bits per heavy atom. The number of aliphatic hydroxyl groups is 1. The number of rotatable bonds is 6. The maximum absolute atomic E-state index is 10.1. The van der Waals surface area contributed by atoms with Crippen LogP contribution >= 0.6 is 0 Å². The highest BCUT2D eigenvalue weighted by Gasteiger charge is 2.23. The molecule has 0 aromatic carbocycles. The molecular weight excluding hydrogens is 202 g/mol. The van der Waals surface area contributed by atoms with Crippen LogP contribution in [-0.4, -0.2) is 37.0 Å². The Bertz CT molecular complexity index is 186. The molecule has 1 saturated carbocycles. The summed E-state index contributed by atoms with van der Waals surface area (Å²) in [6.45, 7) is 5.50. The molecular formula is C13H27NO2. The standard InChI is InChI=1S/C13H27NO2/c1-11-4-6-12(7-5-11)14-10-13(2,15)8-9-16-3/h11-12,14-15H,4-10H2,1-3H3. The third-order valence-corrected chi connectivity index (χ3v) is 3.63. The lowest BCUT2D eigenvalue weighted by atomic mass is 9.87. The Kier molecular flexibility index (Phi) is 5.73. The zero-order chi connectivity index (χ0) is 12.0. The van der Waals surface area contributed by atoms with E-state index in [1.807, 2.05) is 6.92 Å². The van der Waals surface area contributed by atoms with Crippen LogP contribution in [-0.2, 0) is 4.74 Å². The topological polar surface area (TPSA) is 41.5 Å². The number of hydrogen-bond donors (Lipinski definition) is 2. The van der Waals surface area contributed by atoms with E-state index in [9.17, 15) is 5.11 Å². The van der Waals surface area contributed by atoms with Gasteiger partial charge in [-0.05, 0) is 38.5 Å². The summed E-state index contributed by atoms with van der Waals surface area (Å²) in [4.78, 5) is 0. The molecule has 0 heterocycles. The summed E-state index contributed by atoms with van der Waals surface area (Å²) in [6.07, 6.45) is 5.83. The Hall–Kier alpha value is -0.120. The van der Waals surface area contributed by atoms with Crippen LogP contribution in [0, 0.1) is 5.92 Å². The molecule has 0 bridgehead atoms. The van der Waals surface area contributed by atoms with E-state index in [0.717, 1.165) is 5.92 Å². The molecule has 1 unspecified atom stereocenters. The Labute approximate surface area is 99.6 Å². The smallest absolute Gasteiger partial charge is 0.0765 e. The monoisotopic (exact) mass is 229 g/mol. The van der Waals surface area contributed by atoms with Gasteiger partial charge in [-0.15, -0.1) is 0 Å². The third-order valence-electron chi connectivity index (χ3n) is 3.63. The maximum Gasteiger partial charge on any atom is 0.0765 e. The zero-order valence-corrected chi connectivity index (χ0v) is 11.0. The summed E-state index contributed by atoms with van der Waals surface area (Å²) >= 11 is 0. The van der Waals surface area contributed by atoms with E-state index in [-0.39, 0.29) is 0 Å². The minimum Gasteiger partial charge on any atom is -0.389 e. The van der Waals surface area contributed by atoms with Crippen molar-refractivity contribution in [3.63, 3.8) is 0 Å². The first-order valence-electron chi connectivity index (χ1n) is 6.48. The van der Waals surface area contributed by atoms with Crippen LogP contribution in [0.3, 0.4) is 0 Å². The fourth-order valence-electron chi connectivity index (χ4n) is 2.24. The quantitative estimate of drug-likeness (QED) is 0.731. The average Bonchev–Trinajstić information content (AvgIpc) is 2.26. The summed E-state index contributed by atoms with van der Waals surface area (Å²) in [5.41, 5.74) is -0.640. The normalized spacial score (nSPS) is 30.0. The van der Waals surface area contributed by atoms with Crippen molar-refractivity contribution in [1.29, 1.82) is 0 Å². The SMILES string of the molecule is COCCC(C)(O)CNC1CCC(C)CC1. The second-order valence-electron chi connectivity index (χ2n) is 5.58. The second kappa shape index (κ2) is 6.58. The summed E-state index contributed by atoms with van der Waals surface area (Å²) < 4.78 is 5.00. The van der Waals surface area contributed by atoms with Gasteiger partial charge in [0.15, 0.2) is 0 Å². The molecule has 0 aromatic heterocycles. The molecule has 0 spiro atoms. The molecule has 0 saturated heterocycles. The van der Waals surface area contributed by atoms with Gasteiger partial charge in [0.1, 0.15) is 0 Å². The van der Waals surface area contributed by atoms with Crippen molar-refractivity contribution < 1.29 is 9.84 Å². The zero-order valence-electron chi connectivity index (χ0n) is 11.0. The van der Waals surface area contributed by atoms with Crippen molar-refractivity contribution >= 4 is 0 Å². The lowest BCUT2D eigenvalue weighted by Gasteiger charge is -2.31. The summed E-state index contributed by atoms with van der Waals surface area (Å²) in [6, 6.07) is 0.602. The first kappa shape index (κ1) is 13.9. The van der Waals surface area contributed by atoms with E-state index in [1.54, 1.807) is 7.11 Å². The fraction of sp³-hybridized carbons (Fsp3) is 1.00. The minimum absolute atomic E-state index is 0.602. The predicted octanol–water partition coefficient (Wildman–Crippen LogP) is 1.94. The van der Waals surface area contributed by atoms with Gasteiger partial charge in [-0.3, -0.25) is 0 Å². The molecule has 3 heteroatoms. The van der Waals surface area contributed by atoms with Crippen molar-refractivity contribution in [3.05, 3.63) is 0 Å². The first-order chi connectivity index (χ1) is 7.53. The summed E-state index contributed by atoms with van der Waals surface area (Å²) in [7, 11) is 1.67. The highest BCUT2D eigenvalue weighted by atomic mass is 16.5. The molecule has 2 N–H and O–H groups in total. The molecule has 1 rings (SSSR count). The highest BCUT2D eigenvalue weighted by molar-refractivity contribution is 4.81. The van der Waals surface area contributed by atoms with Crippen molar-refractivity contribution in [3.8, 4) is 0 Å². The van der Waals surface area contributed by atoms with E-state index in [1.165, 1.54) is 25.7 Å². The van der Waals surface area contributed by atoms with Gasteiger partial charge < -0.3 is 15.2 Å². The molecule has 1 fully saturated rings. The van der Waals surface area contributed by atoms with Gasteiger partial charge in [0.25, 0.3) is 0 Å². The van der Waals surface area contributed by atoms with Crippen molar-refractivity contribution in [1.82, 2.24) is 5.32 Å². The van der Waals surface area contributed by atoms with E-state index in [4.69, 9.17) is 4.74 Å². The predicted molar refractivity (Wildman–Crippen MR) is 66.5 cm³/mol. The van der Waals surface area contributed by atoms with Gasteiger partial charge in [-0.25, -0.2) is 0 Å². The van der Waals surface area contributed by atoms with E-state index in [0.29, 0.717) is 25.6 Å². The molecule has 96 valence electrons. The highest BCUT2D eigenvalue weighted by Crippen LogP contribution is 2.23. The molecule has 1 aliphatic carbocycles. The lowest BCUT2D eigenvalue weighted by Crippen LogP contribution is -2.44. The average molecular weight is 229 g/mol. The van der Waals surface area contributed by atoms with E-state index < -0.39 is 5.60 Å². The first-order valence-corrected chi connectivity index (χ1v) is 6.48. The summed E-state index contributed by atoms with van der Waals surface area (Å²) in [5, 5.41) is 13.6. The van der Waals surface area contributed by atoms with Gasteiger partial charge in [0.05, 0.1) is 5.60 Å². The molecule has 0 aromatic rings. The minimum atomic E-state index is -0.640. The van der Waals surface area contributed by atoms with Gasteiger partial charge in [-0.2, -0.15) is 0 Å². The van der Waals surface area contributed by atoms with Gasteiger partial charge in [0, 0.05) is 32.7 Å². The molecule has 0 aliphatic heterocycles. The Morgan fingerprint density at radius 3 is 2.50 bits per heavy atom. The fourth-order valence-corrected chi connectivity index (χ4v) is 2.24. The van der Waals surface area contributed by atoms with Crippen LogP contribution in [0.25, 0.3) is 0 Å². The van der Waals surface area contributed by atoms with Gasteiger partial charge in [-0.1, -0.05) is 6.92 Å². The van der Waals surface area contributed by atoms with Gasteiger partial charge in [0.2, 0.25) is 0 Å². The summed E-state index contributed by atoms with van der Waals surface area (Å²) in [5.74, 6) is 0.882. The van der Waals surface area contributed by atoms with Crippen LogP contribution in [0.1, 0.15) is 46.0 Å². The van der Waals surface area contributed by atoms with Gasteiger partial charge >= 0.3 is 0 Å². The number of hydrogen-bond acceptors (Lipinski definition) is 3. The van der Waals surface area contributed by atoms with Crippen molar-refractivity contribution in [2.24, 2.45) is 5.92 Å². The van der Waals surface area contributed by atoms with Crippen LogP contribution in [0.4, 0.5) is 0 Å². The van der Waals surface area contributed by atoms with Crippen LogP contribution < -0.4 is 5.32 Å². The molecule has 1 atom stereocenters. The van der Waals surface area contributed by atoms with E-state index in [2.05, 4.69) is 12.2 Å². The van der Waals surface area contributed by atoms with Crippen LogP contribution in [0.15, 0.2) is 0 Å². The van der Waals surface area contributed by atoms with Crippen LogP contribution in [0.2, 0.25) is 0 Å². The third kappa shape index (κ3) is 5.28. The Balaban J connectivity index is 2.17. The molecule has 0 radical (unpaired) electrons. The molecule has 0 amide bonds. The van der Waals surface area contributed by atoms with Crippen molar-refractivity contribution in [2.75, 3.05) is 20.3 Å². The molecule has 16 heavy (non-hydrogen) atoms. The Morgan fingerprint density at radius 1 is 1.31 bits per heavy atom. The second-order valence-corrected chi connectivity index (χ2v) is 5.58. The largest absolute Gasteiger partial charge is 0.389 e. The van der Waals surface area contributed by atoms with E-state index >= 15 is 0 Å². The number of methoxy groups -OCH3 is 1. The lowest BCUT2D eigenvalue weighted by molar-refractivity contribution is 0.0214. The molecule has 1 aliphatic rings. The molecule has 3 nitrogen and oxygen atoms in total.